The van der Waals surface area contributed by atoms with Gasteiger partial charge in [-0.1, -0.05) is 36.4 Å². The summed E-state index contributed by atoms with van der Waals surface area (Å²) in [6.07, 6.45) is 0.531. The van der Waals surface area contributed by atoms with E-state index in [1.807, 2.05) is 42.5 Å². The lowest BCUT2D eigenvalue weighted by atomic mass is 10.0. The first-order chi connectivity index (χ1) is 10.1. The molecule has 0 saturated heterocycles. The lowest BCUT2D eigenvalue weighted by Gasteiger charge is -2.13. The molecule has 0 bridgehead atoms. The van der Waals surface area contributed by atoms with Crippen LogP contribution in [0.4, 0.5) is 4.39 Å². The Labute approximate surface area is 130 Å². The highest BCUT2D eigenvalue weighted by Gasteiger charge is 2.13. The van der Waals surface area contributed by atoms with Crippen LogP contribution in [0.2, 0.25) is 0 Å². The van der Waals surface area contributed by atoms with Gasteiger partial charge < -0.3 is 5.73 Å². The van der Waals surface area contributed by atoms with Gasteiger partial charge in [-0.15, -0.1) is 0 Å². The number of halogens is 2. The molecule has 1 atom stereocenters. The highest BCUT2D eigenvalue weighted by molar-refractivity contribution is 9.10. The van der Waals surface area contributed by atoms with Gasteiger partial charge in [0.2, 0.25) is 0 Å². The third-order valence-electron chi connectivity index (χ3n) is 3.47. The van der Waals surface area contributed by atoms with Crippen LogP contribution in [0.1, 0.15) is 17.3 Å². The maximum Gasteiger partial charge on any atom is 0.137 e. The largest absolute Gasteiger partial charge is 0.322 e. The number of nitrogens with zero attached hydrogens (tertiary/aromatic N) is 1. The summed E-state index contributed by atoms with van der Waals surface area (Å²) in [5.74, 6) is -0.272. The van der Waals surface area contributed by atoms with E-state index in [9.17, 15) is 4.39 Å². The van der Waals surface area contributed by atoms with E-state index in [-0.39, 0.29) is 11.9 Å². The van der Waals surface area contributed by atoms with Gasteiger partial charge in [-0.3, -0.25) is 4.98 Å². The molecule has 0 radical (unpaired) electrons. The predicted octanol–water partition coefficient (Wildman–Crippen LogP) is 4.38. The number of aromatic nitrogens is 1. The molecule has 0 spiro atoms. The molecule has 3 rings (SSSR count). The van der Waals surface area contributed by atoms with Crippen LogP contribution in [0.5, 0.6) is 0 Å². The summed E-state index contributed by atoms with van der Waals surface area (Å²) in [6.45, 7) is 0. The van der Waals surface area contributed by atoms with Crippen LogP contribution in [0, 0.1) is 5.82 Å². The Morgan fingerprint density at radius 1 is 1.05 bits per heavy atom. The molecule has 3 aromatic rings. The average molecular weight is 345 g/mol. The molecule has 4 heteroatoms. The molecule has 0 amide bonds. The highest BCUT2D eigenvalue weighted by Crippen LogP contribution is 2.25. The van der Waals surface area contributed by atoms with E-state index in [0.29, 0.717) is 10.9 Å². The summed E-state index contributed by atoms with van der Waals surface area (Å²) in [6, 6.07) is 16.6. The van der Waals surface area contributed by atoms with Gasteiger partial charge in [-0.25, -0.2) is 4.39 Å². The molecule has 106 valence electrons. The van der Waals surface area contributed by atoms with E-state index >= 15 is 0 Å². The zero-order valence-electron chi connectivity index (χ0n) is 11.3. The van der Waals surface area contributed by atoms with Gasteiger partial charge in [0, 0.05) is 5.39 Å². The summed E-state index contributed by atoms with van der Waals surface area (Å²) in [7, 11) is 0. The Bertz CT molecular complexity index is 789. The second-order valence-corrected chi connectivity index (χ2v) is 5.75. The molecule has 0 aliphatic carbocycles. The van der Waals surface area contributed by atoms with Gasteiger partial charge in [0.1, 0.15) is 5.82 Å². The van der Waals surface area contributed by atoms with Gasteiger partial charge >= 0.3 is 0 Å². The van der Waals surface area contributed by atoms with Crippen molar-refractivity contribution >= 4 is 26.8 Å². The number of fused-ring (bicyclic) bond motifs is 1. The summed E-state index contributed by atoms with van der Waals surface area (Å²) in [5.41, 5.74) is 8.81. The van der Waals surface area contributed by atoms with Gasteiger partial charge in [-0.2, -0.15) is 0 Å². The number of rotatable bonds is 3. The van der Waals surface area contributed by atoms with Crippen molar-refractivity contribution in [3.05, 3.63) is 76.1 Å². The van der Waals surface area contributed by atoms with Crippen LogP contribution < -0.4 is 5.73 Å². The normalized spacial score (nSPS) is 12.5. The number of hydrogen-bond acceptors (Lipinski definition) is 2. The van der Waals surface area contributed by atoms with Crippen molar-refractivity contribution in [3.63, 3.8) is 0 Å². The zero-order chi connectivity index (χ0) is 14.8. The SMILES string of the molecule is NC(Cc1cccc(F)c1Br)c1ccc2ccccc2n1. The van der Waals surface area contributed by atoms with Gasteiger partial charge in [-0.05, 0) is 46.1 Å². The number of para-hydroxylation sites is 1. The van der Waals surface area contributed by atoms with E-state index in [2.05, 4.69) is 20.9 Å². The Morgan fingerprint density at radius 3 is 2.71 bits per heavy atom. The van der Waals surface area contributed by atoms with Gasteiger partial charge in [0.15, 0.2) is 0 Å². The number of pyridine rings is 1. The third kappa shape index (κ3) is 2.96. The number of benzene rings is 2. The third-order valence-corrected chi connectivity index (χ3v) is 4.36. The van der Waals surface area contributed by atoms with Crippen LogP contribution in [0.15, 0.2) is 59.1 Å². The Balaban J connectivity index is 1.89. The van der Waals surface area contributed by atoms with Crippen LogP contribution in [-0.4, -0.2) is 4.98 Å². The van der Waals surface area contributed by atoms with Crippen molar-refractivity contribution in [2.45, 2.75) is 12.5 Å². The van der Waals surface area contributed by atoms with Crippen molar-refractivity contribution in [1.82, 2.24) is 4.98 Å². The second-order valence-electron chi connectivity index (χ2n) is 4.95. The molecule has 1 heterocycles. The fraction of sp³-hybridized carbons (Fsp3) is 0.118. The molecule has 1 unspecified atom stereocenters. The van der Waals surface area contributed by atoms with Crippen molar-refractivity contribution in [3.8, 4) is 0 Å². The topological polar surface area (TPSA) is 38.9 Å². The molecule has 2 nitrogen and oxygen atoms in total. The lowest BCUT2D eigenvalue weighted by molar-refractivity contribution is 0.613. The fourth-order valence-electron chi connectivity index (χ4n) is 2.34. The molecule has 2 aromatic carbocycles. The predicted molar refractivity (Wildman–Crippen MR) is 86.5 cm³/mol. The molecule has 2 N–H and O–H groups in total. The molecule has 21 heavy (non-hydrogen) atoms. The van der Waals surface area contributed by atoms with Crippen molar-refractivity contribution in [2.24, 2.45) is 5.73 Å². The molecule has 0 fully saturated rings. The van der Waals surface area contributed by atoms with Crippen molar-refractivity contribution in [1.29, 1.82) is 0 Å². The van der Waals surface area contributed by atoms with Crippen LogP contribution in [-0.2, 0) is 6.42 Å². The molecule has 0 aliphatic rings. The summed E-state index contributed by atoms with van der Waals surface area (Å²) >= 11 is 3.27. The van der Waals surface area contributed by atoms with Crippen LogP contribution in [0.3, 0.4) is 0 Å². The van der Waals surface area contributed by atoms with Crippen LogP contribution in [0.25, 0.3) is 10.9 Å². The average Bonchev–Trinajstić information content (AvgIpc) is 2.51. The first-order valence-corrected chi connectivity index (χ1v) is 7.48. The van der Waals surface area contributed by atoms with E-state index < -0.39 is 0 Å². The van der Waals surface area contributed by atoms with Crippen LogP contribution >= 0.6 is 15.9 Å². The molecule has 0 saturated carbocycles. The maximum absolute atomic E-state index is 13.5. The Morgan fingerprint density at radius 2 is 1.86 bits per heavy atom. The summed E-state index contributed by atoms with van der Waals surface area (Å²) < 4.78 is 14.0. The second kappa shape index (κ2) is 5.92. The number of hydrogen-bond donors (Lipinski definition) is 1. The lowest BCUT2D eigenvalue weighted by Crippen LogP contribution is -2.15. The van der Waals surface area contributed by atoms with Gasteiger partial charge in [0.25, 0.3) is 0 Å². The Kier molecular flexibility index (Phi) is 3.99. The van der Waals surface area contributed by atoms with Crippen molar-refractivity contribution in [2.75, 3.05) is 0 Å². The smallest absolute Gasteiger partial charge is 0.137 e. The standard InChI is InChI=1S/C17H14BrFN2/c18-17-12(5-3-6-13(17)19)10-14(20)16-9-8-11-4-1-2-7-15(11)21-16/h1-9,14H,10,20H2. The van der Waals surface area contributed by atoms with E-state index in [1.54, 1.807) is 6.07 Å². The fourth-order valence-corrected chi connectivity index (χ4v) is 2.76. The quantitative estimate of drug-likeness (QED) is 0.765. The molecular formula is C17H14BrFN2. The summed E-state index contributed by atoms with van der Waals surface area (Å²) in [4.78, 5) is 4.59. The van der Waals surface area contributed by atoms with E-state index in [4.69, 9.17) is 5.73 Å². The summed E-state index contributed by atoms with van der Waals surface area (Å²) in [5, 5.41) is 1.08. The highest BCUT2D eigenvalue weighted by atomic mass is 79.9. The van der Waals surface area contributed by atoms with Crippen molar-refractivity contribution < 1.29 is 4.39 Å². The first-order valence-electron chi connectivity index (χ1n) is 6.69. The minimum Gasteiger partial charge on any atom is -0.322 e. The Hall–Kier alpha value is -1.78. The first kappa shape index (κ1) is 14.2. The minimum absolute atomic E-state index is 0.271. The molecular weight excluding hydrogens is 331 g/mol. The van der Waals surface area contributed by atoms with Gasteiger partial charge in [0.05, 0.1) is 21.7 Å². The number of nitrogens with two attached hydrogens (primary N) is 1. The monoisotopic (exact) mass is 344 g/mol. The maximum atomic E-state index is 13.5. The molecule has 0 aliphatic heterocycles. The van der Waals surface area contributed by atoms with E-state index in [0.717, 1.165) is 22.2 Å². The van der Waals surface area contributed by atoms with E-state index in [1.165, 1.54) is 6.07 Å². The molecule has 1 aromatic heterocycles. The minimum atomic E-state index is -0.272. The zero-order valence-corrected chi connectivity index (χ0v) is 12.8.